The average molecular weight is 212 g/mol. The molecular weight excluding hydrogens is 192 g/mol. The number of rotatable bonds is 4. The van der Waals surface area contributed by atoms with Crippen LogP contribution in [0.2, 0.25) is 0 Å². The SMILES string of the molecule is CC(=O)CCN1CCN(C(C)C)CC1=O. The lowest BCUT2D eigenvalue weighted by molar-refractivity contribution is -0.137. The second kappa shape index (κ2) is 5.26. The van der Waals surface area contributed by atoms with Gasteiger partial charge < -0.3 is 4.90 Å². The van der Waals surface area contributed by atoms with E-state index in [4.69, 9.17) is 0 Å². The Hall–Kier alpha value is -0.900. The quantitative estimate of drug-likeness (QED) is 0.682. The predicted molar refractivity (Wildman–Crippen MR) is 58.6 cm³/mol. The molecule has 0 aromatic heterocycles. The van der Waals surface area contributed by atoms with E-state index in [1.165, 1.54) is 0 Å². The summed E-state index contributed by atoms with van der Waals surface area (Å²) in [6.07, 6.45) is 0.480. The molecule has 1 rings (SSSR count). The van der Waals surface area contributed by atoms with Gasteiger partial charge in [0, 0.05) is 32.1 Å². The Morgan fingerprint density at radius 3 is 2.53 bits per heavy atom. The lowest BCUT2D eigenvalue weighted by Crippen LogP contribution is -2.52. The molecule has 15 heavy (non-hydrogen) atoms. The first kappa shape index (κ1) is 12.2. The number of nitrogens with zero attached hydrogens (tertiary/aromatic N) is 2. The maximum atomic E-state index is 11.7. The minimum atomic E-state index is 0.147. The minimum absolute atomic E-state index is 0.147. The zero-order chi connectivity index (χ0) is 11.4. The normalized spacial score (nSPS) is 18.7. The van der Waals surface area contributed by atoms with Crippen molar-refractivity contribution in [2.45, 2.75) is 33.2 Å². The van der Waals surface area contributed by atoms with Gasteiger partial charge in [-0.05, 0) is 20.8 Å². The third-order valence-corrected chi connectivity index (χ3v) is 2.81. The number of hydrogen-bond acceptors (Lipinski definition) is 3. The largest absolute Gasteiger partial charge is 0.340 e. The smallest absolute Gasteiger partial charge is 0.236 e. The van der Waals surface area contributed by atoms with Crippen molar-refractivity contribution < 1.29 is 9.59 Å². The summed E-state index contributed by atoms with van der Waals surface area (Å²) in [4.78, 5) is 26.5. The van der Waals surface area contributed by atoms with Crippen LogP contribution in [0, 0.1) is 0 Å². The molecule has 0 aromatic carbocycles. The molecule has 0 aliphatic carbocycles. The molecule has 1 saturated heterocycles. The number of Topliss-reactive ketones (excluding diaryl/α,β-unsaturated/α-hetero) is 1. The Morgan fingerprint density at radius 2 is 2.07 bits per heavy atom. The molecule has 4 nitrogen and oxygen atoms in total. The number of ketones is 1. The van der Waals surface area contributed by atoms with E-state index < -0.39 is 0 Å². The van der Waals surface area contributed by atoms with E-state index in [0.29, 0.717) is 25.6 Å². The number of carbonyl (C=O) groups is 2. The summed E-state index contributed by atoms with van der Waals surface area (Å²) in [6.45, 7) is 8.51. The van der Waals surface area contributed by atoms with Crippen LogP contribution < -0.4 is 0 Å². The van der Waals surface area contributed by atoms with Crippen molar-refractivity contribution in [2.75, 3.05) is 26.2 Å². The fourth-order valence-corrected chi connectivity index (χ4v) is 1.70. The summed E-state index contributed by atoms with van der Waals surface area (Å²) in [7, 11) is 0. The molecule has 1 fully saturated rings. The molecule has 0 bridgehead atoms. The second-order valence-corrected chi connectivity index (χ2v) is 4.40. The molecule has 1 aliphatic rings. The third kappa shape index (κ3) is 3.63. The zero-order valence-electron chi connectivity index (χ0n) is 9.82. The van der Waals surface area contributed by atoms with Gasteiger partial charge in [-0.3, -0.25) is 14.5 Å². The molecule has 0 radical (unpaired) electrons. The molecule has 1 heterocycles. The zero-order valence-corrected chi connectivity index (χ0v) is 9.82. The van der Waals surface area contributed by atoms with Crippen molar-refractivity contribution in [3.63, 3.8) is 0 Å². The van der Waals surface area contributed by atoms with Crippen LogP contribution in [-0.4, -0.2) is 53.7 Å². The Labute approximate surface area is 91.2 Å². The maximum absolute atomic E-state index is 11.7. The number of carbonyl (C=O) groups excluding carboxylic acids is 2. The van der Waals surface area contributed by atoms with Crippen molar-refractivity contribution in [3.8, 4) is 0 Å². The molecule has 0 saturated carbocycles. The number of piperazine rings is 1. The van der Waals surface area contributed by atoms with Gasteiger partial charge in [0.2, 0.25) is 5.91 Å². The van der Waals surface area contributed by atoms with Gasteiger partial charge in [0.05, 0.1) is 6.54 Å². The molecule has 1 aliphatic heterocycles. The fraction of sp³-hybridized carbons (Fsp3) is 0.818. The molecule has 0 aromatic rings. The maximum Gasteiger partial charge on any atom is 0.236 e. The lowest BCUT2D eigenvalue weighted by atomic mass is 10.2. The molecule has 4 heteroatoms. The monoisotopic (exact) mass is 212 g/mol. The summed E-state index contributed by atoms with van der Waals surface area (Å²) in [5.41, 5.74) is 0. The van der Waals surface area contributed by atoms with E-state index in [1.807, 2.05) is 0 Å². The highest BCUT2D eigenvalue weighted by atomic mass is 16.2. The molecule has 0 atom stereocenters. The predicted octanol–water partition coefficient (Wildman–Crippen LogP) is 0.518. The molecule has 1 amide bonds. The topological polar surface area (TPSA) is 40.6 Å². The van der Waals surface area contributed by atoms with Gasteiger partial charge in [-0.25, -0.2) is 0 Å². The van der Waals surface area contributed by atoms with E-state index in [1.54, 1.807) is 11.8 Å². The van der Waals surface area contributed by atoms with Crippen LogP contribution in [0.1, 0.15) is 27.2 Å². The molecule has 0 N–H and O–H groups in total. The highest BCUT2D eigenvalue weighted by Crippen LogP contribution is 2.07. The molecule has 0 spiro atoms. The van der Waals surface area contributed by atoms with Crippen LogP contribution in [-0.2, 0) is 9.59 Å². The van der Waals surface area contributed by atoms with Gasteiger partial charge in [-0.2, -0.15) is 0 Å². The highest BCUT2D eigenvalue weighted by Gasteiger charge is 2.24. The van der Waals surface area contributed by atoms with Crippen molar-refractivity contribution in [3.05, 3.63) is 0 Å². The van der Waals surface area contributed by atoms with Crippen LogP contribution in [0.5, 0.6) is 0 Å². The van der Waals surface area contributed by atoms with Crippen LogP contribution in [0.3, 0.4) is 0 Å². The summed E-state index contributed by atoms with van der Waals surface area (Å²) in [6, 6.07) is 0.420. The molecule has 86 valence electrons. The Morgan fingerprint density at radius 1 is 1.40 bits per heavy atom. The minimum Gasteiger partial charge on any atom is -0.340 e. The Bertz CT molecular complexity index is 251. The van der Waals surface area contributed by atoms with E-state index in [-0.39, 0.29) is 11.7 Å². The third-order valence-electron chi connectivity index (χ3n) is 2.81. The van der Waals surface area contributed by atoms with Crippen LogP contribution in [0.25, 0.3) is 0 Å². The van der Waals surface area contributed by atoms with E-state index in [9.17, 15) is 9.59 Å². The fourth-order valence-electron chi connectivity index (χ4n) is 1.70. The van der Waals surface area contributed by atoms with Crippen LogP contribution >= 0.6 is 0 Å². The first-order valence-corrected chi connectivity index (χ1v) is 5.52. The standard InChI is InChI=1S/C11H20N2O2/c1-9(2)13-7-6-12(11(15)8-13)5-4-10(3)14/h9H,4-8H2,1-3H3. The second-order valence-electron chi connectivity index (χ2n) is 4.40. The van der Waals surface area contributed by atoms with Crippen molar-refractivity contribution in [1.29, 1.82) is 0 Å². The van der Waals surface area contributed by atoms with Gasteiger partial charge in [-0.15, -0.1) is 0 Å². The molecule has 0 unspecified atom stereocenters. The summed E-state index contributed by atoms with van der Waals surface area (Å²) < 4.78 is 0. The van der Waals surface area contributed by atoms with E-state index in [2.05, 4.69) is 18.7 Å². The van der Waals surface area contributed by atoms with Crippen molar-refractivity contribution in [1.82, 2.24) is 9.80 Å². The number of amides is 1. The summed E-state index contributed by atoms with van der Waals surface area (Å²) in [5, 5.41) is 0. The van der Waals surface area contributed by atoms with E-state index >= 15 is 0 Å². The first-order valence-electron chi connectivity index (χ1n) is 5.52. The van der Waals surface area contributed by atoms with Gasteiger partial charge in [0.15, 0.2) is 0 Å². The first-order chi connectivity index (χ1) is 7.00. The Balaban J connectivity index is 2.39. The van der Waals surface area contributed by atoms with Crippen molar-refractivity contribution >= 4 is 11.7 Å². The molecular formula is C11H20N2O2. The van der Waals surface area contributed by atoms with Gasteiger partial charge in [0.25, 0.3) is 0 Å². The Kier molecular flexibility index (Phi) is 4.27. The van der Waals surface area contributed by atoms with Gasteiger partial charge >= 0.3 is 0 Å². The average Bonchev–Trinajstić information content (AvgIpc) is 2.15. The van der Waals surface area contributed by atoms with Crippen LogP contribution in [0.4, 0.5) is 0 Å². The lowest BCUT2D eigenvalue weighted by Gasteiger charge is -2.36. The van der Waals surface area contributed by atoms with E-state index in [0.717, 1.165) is 13.1 Å². The van der Waals surface area contributed by atoms with Gasteiger partial charge in [0.1, 0.15) is 5.78 Å². The summed E-state index contributed by atoms with van der Waals surface area (Å²) >= 11 is 0. The summed E-state index contributed by atoms with van der Waals surface area (Å²) in [5.74, 6) is 0.297. The van der Waals surface area contributed by atoms with Gasteiger partial charge in [-0.1, -0.05) is 0 Å². The van der Waals surface area contributed by atoms with Crippen LogP contribution in [0.15, 0.2) is 0 Å². The number of hydrogen-bond donors (Lipinski definition) is 0. The highest BCUT2D eigenvalue weighted by molar-refractivity contribution is 5.80. The van der Waals surface area contributed by atoms with Crippen molar-refractivity contribution in [2.24, 2.45) is 0 Å².